The average molecular weight is 501 g/mol. The summed E-state index contributed by atoms with van der Waals surface area (Å²) in [4.78, 5) is 30.9. The van der Waals surface area contributed by atoms with Gasteiger partial charge >= 0.3 is 0 Å². The number of nitrogens with one attached hydrogen (secondary N) is 2. The molecule has 1 aliphatic heterocycles. The van der Waals surface area contributed by atoms with Crippen molar-refractivity contribution < 1.29 is 14.5 Å². The van der Waals surface area contributed by atoms with E-state index >= 15 is 0 Å². The van der Waals surface area contributed by atoms with E-state index in [2.05, 4.69) is 43.4 Å². The molecule has 0 bridgehead atoms. The number of anilines is 1. The molecule has 0 aliphatic carbocycles. The van der Waals surface area contributed by atoms with Crippen molar-refractivity contribution in [2.24, 2.45) is 0 Å². The van der Waals surface area contributed by atoms with Gasteiger partial charge in [-0.1, -0.05) is 84.1 Å². The van der Waals surface area contributed by atoms with E-state index in [9.17, 15) is 9.59 Å². The molecule has 5 nitrogen and oxygen atoms in total. The number of amides is 2. The Labute approximate surface area is 218 Å². The van der Waals surface area contributed by atoms with Crippen LogP contribution < -0.4 is 15.1 Å². The summed E-state index contributed by atoms with van der Waals surface area (Å²) in [6.07, 6.45) is 1.90. The number of carbonyl (C=O) groups excluding carboxylic acids is 2. The third-order valence-electron chi connectivity index (χ3n) is 6.37. The van der Waals surface area contributed by atoms with Crippen LogP contribution in [0, 0.1) is 6.92 Å². The van der Waals surface area contributed by atoms with E-state index in [0.29, 0.717) is 17.5 Å². The number of quaternary nitrogens is 1. The minimum absolute atomic E-state index is 0.00264. The zero-order valence-corrected chi connectivity index (χ0v) is 22.0. The van der Waals surface area contributed by atoms with Gasteiger partial charge in [0.15, 0.2) is 0 Å². The topological polar surface area (TPSA) is 53.9 Å². The van der Waals surface area contributed by atoms with E-state index in [-0.39, 0.29) is 18.4 Å². The number of thioether (sulfide) groups is 1. The van der Waals surface area contributed by atoms with Crippen molar-refractivity contribution >= 4 is 35.3 Å². The van der Waals surface area contributed by atoms with Crippen LogP contribution in [0.15, 0.2) is 88.7 Å². The lowest BCUT2D eigenvalue weighted by atomic mass is 10.1. The molecular weight excluding hydrogens is 466 g/mol. The Balaban J connectivity index is 1.41. The van der Waals surface area contributed by atoms with Crippen molar-refractivity contribution in [3.8, 4) is 0 Å². The van der Waals surface area contributed by atoms with Gasteiger partial charge in [-0.25, -0.2) is 0 Å². The second kappa shape index (κ2) is 12.1. The molecule has 186 valence electrons. The highest BCUT2D eigenvalue weighted by molar-refractivity contribution is 8.04. The molecule has 6 heteroatoms. The molecule has 0 saturated heterocycles. The van der Waals surface area contributed by atoms with Crippen LogP contribution in [0.1, 0.15) is 30.5 Å². The Morgan fingerprint density at radius 1 is 1.00 bits per heavy atom. The van der Waals surface area contributed by atoms with Crippen LogP contribution in [-0.2, 0) is 16.1 Å². The average Bonchev–Trinajstić information content (AvgIpc) is 2.87. The van der Waals surface area contributed by atoms with E-state index in [1.54, 1.807) is 4.90 Å². The van der Waals surface area contributed by atoms with Gasteiger partial charge in [0.25, 0.3) is 5.91 Å². The summed E-state index contributed by atoms with van der Waals surface area (Å²) in [7, 11) is 0. The number of rotatable bonds is 9. The normalized spacial score (nSPS) is 15.2. The Kier molecular flexibility index (Phi) is 8.62. The zero-order chi connectivity index (χ0) is 25.5. The predicted octanol–water partition coefficient (Wildman–Crippen LogP) is 4.08. The number of benzene rings is 3. The third kappa shape index (κ3) is 6.65. The highest BCUT2D eigenvalue weighted by atomic mass is 32.2. The Morgan fingerprint density at radius 2 is 1.69 bits per heavy atom. The lowest BCUT2D eigenvalue weighted by Gasteiger charge is -2.30. The number of nitrogens with zero attached hydrogens (tertiary/aromatic N) is 1. The summed E-state index contributed by atoms with van der Waals surface area (Å²) in [5.74, 6) is -0.296. The van der Waals surface area contributed by atoms with Crippen LogP contribution in [0.3, 0.4) is 0 Å². The molecule has 2 amide bonds. The standard InChI is InChI=1S/C30H33N3O2S/c1-22(2)32(20-25-9-5-4-6-10-25)18-17-31-29(34)21-33-26-11-7-8-12-27(26)36-28(30(33)35)19-24-15-13-23(3)14-16-24/h4-16,19,22H,17-18,20-21H2,1-3H3,(H,31,34)/p+1. The van der Waals surface area contributed by atoms with Crippen molar-refractivity contribution in [1.82, 2.24) is 5.32 Å². The Morgan fingerprint density at radius 3 is 2.42 bits per heavy atom. The largest absolute Gasteiger partial charge is 0.349 e. The molecule has 4 rings (SSSR count). The Bertz CT molecular complexity index is 1220. The lowest BCUT2D eigenvalue weighted by molar-refractivity contribution is -0.933. The molecule has 3 aromatic carbocycles. The summed E-state index contributed by atoms with van der Waals surface area (Å²) < 4.78 is 0. The van der Waals surface area contributed by atoms with Crippen LogP contribution in [0.5, 0.6) is 0 Å². The molecule has 1 heterocycles. The van der Waals surface area contributed by atoms with E-state index in [0.717, 1.165) is 29.2 Å². The van der Waals surface area contributed by atoms with E-state index < -0.39 is 0 Å². The summed E-state index contributed by atoms with van der Waals surface area (Å²) in [6, 6.07) is 26.7. The minimum atomic E-state index is -0.150. The van der Waals surface area contributed by atoms with Gasteiger partial charge in [-0.3, -0.25) is 14.5 Å². The van der Waals surface area contributed by atoms with E-state index in [1.807, 2.05) is 67.6 Å². The maximum Gasteiger partial charge on any atom is 0.265 e. The highest BCUT2D eigenvalue weighted by Gasteiger charge is 2.30. The molecule has 1 unspecified atom stereocenters. The monoisotopic (exact) mass is 500 g/mol. The first kappa shape index (κ1) is 25.7. The summed E-state index contributed by atoms with van der Waals surface area (Å²) in [5.41, 5.74) is 4.20. The molecule has 0 spiro atoms. The number of para-hydroxylation sites is 1. The fraction of sp³-hybridized carbons (Fsp3) is 0.267. The van der Waals surface area contributed by atoms with Gasteiger partial charge < -0.3 is 10.2 Å². The number of hydrogen-bond donors (Lipinski definition) is 2. The molecule has 1 atom stereocenters. The van der Waals surface area contributed by atoms with Gasteiger partial charge in [0.2, 0.25) is 5.91 Å². The summed E-state index contributed by atoms with van der Waals surface area (Å²) in [5, 5.41) is 3.04. The van der Waals surface area contributed by atoms with Gasteiger partial charge in [0.05, 0.1) is 29.7 Å². The first-order valence-electron chi connectivity index (χ1n) is 12.4. The van der Waals surface area contributed by atoms with E-state index in [1.165, 1.54) is 27.8 Å². The molecule has 0 radical (unpaired) electrons. The zero-order valence-electron chi connectivity index (χ0n) is 21.2. The third-order valence-corrected chi connectivity index (χ3v) is 7.45. The van der Waals surface area contributed by atoms with E-state index in [4.69, 9.17) is 0 Å². The lowest BCUT2D eigenvalue weighted by Crippen LogP contribution is -3.14. The Hall–Kier alpha value is -3.35. The molecule has 36 heavy (non-hydrogen) atoms. The van der Waals surface area contributed by atoms with Crippen LogP contribution >= 0.6 is 11.8 Å². The van der Waals surface area contributed by atoms with Gasteiger partial charge in [0.1, 0.15) is 13.1 Å². The fourth-order valence-electron chi connectivity index (χ4n) is 4.23. The van der Waals surface area contributed by atoms with Crippen molar-refractivity contribution in [1.29, 1.82) is 0 Å². The number of fused-ring (bicyclic) bond motifs is 1. The van der Waals surface area contributed by atoms with Crippen molar-refractivity contribution in [2.75, 3.05) is 24.5 Å². The number of hydrogen-bond acceptors (Lipinski definition) is 3. The SMILES string of the molecule is Cc1ccc(C=C2Sc3ccccc3N(CC(=O)NCC[NH+](Cc3ccccc3)C(C)C)C2=O)cc1. The first-order chi connectivity index (χ1) is 17.4. The molecule has 3 aromatic rings. The molecule has 1 aliphatic rings. The highest BCUT2D eigenvalue weighted by Crippen LogP contribution is 2.41. The minimum Gasteiger partial charge on any atom is -0.349 e. The van der Waals surface area contributed by atoms with Gasteiger partial charge in [-0.15, -0.1) is 0 Å². The number of aryl methyl sites for hydroxylation is 1. The van der Waals surface area contributed by atoms with Crippen molar-refractivity contribution in [3.05, 3.63) is 100 Å². The van der Waals surface area contributed by atoms with Crippen LogP contribution in [0.4, 0.5) is 5.69 Å². The molecule has 0 aromatic heterocycles. The summed E-state index contributed by atoms with van der Waals surface area (Å²) in [6.45, 7) is 8.72. The second-order valence-corrected chi connectivity index (χ2v) is 10.5. The molecule has 2 N–H and O–H groups in total. The predicted molar refractivity (Wildman–Crippen MR) is 148 cm³/mol. The van der Waals surface area contributed by atoms with Crippen molar-refractivity contribution in [3.63, 3.8) is 0 Å². The van der Waals surface area contributed by atoms with Crippen LogP contribution in [0.2, 0.25) is 0 Å². The smallest absolute Gasteiger partial charge is 0.265 e. The molecule has 0 fully saturated rings. The van der Waals surface area contributed by atoms with Gasteiger partial charge in [-0.2, -0.15) is 0 Å². The first-order valence-corrected chi connectivity index (χ1v) is 13.2. The quantitative estimate of drug-likeness (QED) is 0.435. The molecular formula is C30H34N3O2S+. The van der Waals surface area contributed by atoms with Crippen LogP contribution in [-0.4, -0.2) is 37.5 Å². The van der Waals surface area contributed by atoms with Crippen LogP contribution in [0.25, 0.3) is 6.08 Å². The summed E-state index contributed by atoms with van der Waals surface area (Å²) >= 11 is 1.46. The fourth-order valence-corrected chi connectivity index (χ4v) is 5.29. The van der Waals surface area contributed by atoms with Gasteiger partial charge in [0, 0.05) is 10.5 Å². The second-order valence-electron chi connectivity index (χ2n) is 9.46. The van der Waals surface area contributed by atoms with Gasteiger partial charge in [-0.05, 0) is 44.5 Å². The number of carbonyl (C=O) groups is 2. The molecule has 0 saturated carbocycles. The maximum atomic E-state index is 13.4. The van der Waals surface area contributed by atoms with Crippen molar-refractivity contribution in [2.45, 2.75) is 38.3 Å². The maximum absolute atomic E-state index is 13.4.